The second-order valence-electron chi connectivity index (χ2n) is 4.17. The maximum atomic E-state index is 13.7. The van der Waals surface area contributed by atoms with Gasteiger partial charge in [0.25, 0.3) is 5.69 Å². The zero-order valence-corrected chi connectivity index (χ0v) is 9.51. The average Bonchev–Trinajstić information content (AvgIpc) is 2.70. The molecule has 1 amide bonds. The molecule has 2 rings (SSSR count). The van der Waals surface area contributed by atoms with Crippen molar-refractivity contribution in [1.29, 1.82) is 0 Å². The van der Waals surface area contributed by atoms with E-state index >= 15 is 0 Å². The van der Waals surface area contributed by atoms with Gasteiger partial charge in [0.15, 0.2) is 11.5 Å². The third-order valence-electron chi connectivity index (χ3n) is 2.97. The molecule has 18 heavy (non-hydrogen) atoms. The molecule has 1 aromatic rings. The molecule has 1 aliphatic rings. The van der Waals surface area contributed by atoms with Gasteiger partial charge in [0.1, 0.15) is 0 Å². The summed E-state index contributed by atoms with van der Waals surface area (Å²) >= 11 is 0. The van der Waals surface area contributed by atoms with Crippen molar-refractivity contribution >= 4 is 17.3 Å². The van der Waals surface area contributed by atoms with E-state index in [1.165, 1.54) is 12.1 Å². The van der Waals surface area contributed by atoms with E-state index in [0.29, 0.717) is 6.54 Å². The highest BCUT2D eigenvalue weighted by molar-refractivity contribution is 5.98. The summed E-state index contributed by atoms with van der Waals surface area (Å²) < 4.78 is 13.7. The van der Waals surface area contributed by atoms with Crippen molar-refractivity contribution in [3.8, 4) is 0 Å². The maximum absolute atomic E-state index is 13.7. The Bertz CT molecular complexity index is 506. The predicted octanol–water partition coefficient (Wildman–Crippen LogP) is 1.05. The largest absolute Gasteiger partial charge is 0.330 e. The number of nitrogens with two attached hydrogens (primary N) is 1. The maximum Gasteiger partial charge on any atom is 0.296 e. The molecule has 6 nitrogen and oxygen atoms in total. The number of nitro benzene ring substituents is 1. The number of para-hydroxylation sites is 1. The van der Waals surface area contributed by atoms with Gasteiger partial charge in [0.05, 0.1) is 4.92 Å². The number of hydrogen-bond donors (Lipinski definition) is 1. The molecule has 0 aliphatic carbocycles. The average molecular weight is 253 g/mol. The number of hydrogen-bond acceptors (Lipinski definition) is 4. The van der Waals surface area contributed by atoms with Crippen LogP contribution < -0.4 is 10.6 Å². The predicted molar refractivity (Wildman–Crippen MR) is 62.6 cm³/mol. The summed E-state index contributed by atoms with van der Waals surface area (Å²) in [6.45, 7) is 0.515. The molecule has 1 unspecified atom stereocenters. The third kappa shape index (κ3) is 2.04. The number of rotatable bonds is 3. The van der Waals surface area contributed by atoms with E-state index in [1.807, 2.05) is 0 Å². The number of halogens is 1. The van der Waals surface area contributed by atoms with Gasteiger partial charge in [-0.1, -0.05) is 6.07 Å². The lowest BCUT2D eigenvalue weighted by Crippen LogP contribution is -2.27. The molecule has 1 aliphatic heterocycles. The van der Waals surface area contributed by atoms with Crippen molar-refractivity contribution in [2.45, 2.75) is 6.42 Å². The topological polar surface area (TPSA) is 89.5 Å². The lowest BCUT2D eigenvalue weighted by molar-refractivity contribution is -0.384. The van der Waals surface area contributed by atoms with Crippen LogP contribution in [0.25, 0.3) is 0 Å². The highest BCUT2D eigenvalue weighted by atomic mass is 19.1. The van der Waals surface area contributed by atoms with Crippen LogP contribution in [0.1, 0.15) is 6.42 Å². The number of amides is 1. The van der Waals surface area contributed by atoms with Gasteiger partial charge in [-0.05, 0) is 18.5 Å². The van der Waals surface area contributed by atoms with Crippen LogP contribution in [0, 0.1) is 21.8 Å². The molecule has 7 heteroatoms. The molecule has 1 aromatic carbocycles. The van der Waals surface area contributed by atoms with Crippen LogP contribution >= 0.6 is 0 Å². The van der Waals surface area contributed by atoms with Gasteiger partial charge in [0, 0.05) is 19.0 Å². The number of nitro groups is 1. The zero-order chi connectivity index (χ0) is 13.3. The van der Waals surface area contributed by atoms with Crippen molar-refractivity contribution in [3.63, 3.8) is 0 Å². The molecule has 96 valence electrons. The Hall–Kier alpha value is -2.02. The zero-order valence-electron chi connectivity index (χ0n) is 9.51. The van der Waals surface area contributed by atoms with Crippen molar-refractivity contribution in [3.05, 3.63) is 34.1 Å². The third-order valence-corrected chi connectivity index (χ3v) is 2.97. The van der Waals surface area contributed by atoms with Crippen LogP contribution in [0.3, 0.4) is 0 Å². The van der Waals surface area contributed by atoms with E-state index < -0.39 is 16.4 Å². The lowest BCUT2D eigenvalue weighted by atomic mass is 10.1. The Morgan fingerprint density at radius 2 is 2.28 bits per heavy atom. The first-order valence-corrected chi connectivity index (χ1v) is 5.48. The molecule has 1 fully saturated rings. The van der Waals surface area contributed by atoms with Crippen LogP contribution in [0.2, 0.25) is 0 Å². The quantitative estimate of drug-likeness (QED) is 0.644. The molecule has 0 spiro atoms. The minimum Gasteiger partial charge on any atom is -0.330 e. The number of carbonyl (C=O) groups excluding carboxylic acids is 1. The molecular formula is C11H12FN3O3. The van der Waals surface area contributed by atoms with Crippen LogP contribution in [0.15, 0.2) is 18.2 Å². The molecule has 1 saturated heterocycles. The molecule has 2 N–H and O–H groups in total. The van der Waals surface area contributed by atoms with Crippen LogP contribution in [-0.2, 0) is 4.79 Å². The minimum atomic E-state index is -0.768. The monoisotopic (exact) mass is 253 g/mol. The van der Waals surface area contributed by atoms with Crippen molar-refractivity contribution in [1.82, 2.24) is 0 Å². The standard InChI is InChI=1S/C11H12FN3O3/c12-8-2-1-3-9(15(17)18)11(8)14-6-7(5-13)4-10(14)16/h1-3,7H,4-6,13H2. The summed E-state index contributed by atoms with van der Waals surface area (Å²) in [7, 11) is 0. The molecular weight excluding hydrogens is 241 g/mol. The molecule has 1 heterocycles. The number of anilines is 1. The molecule has 0 bridgehead atoms. The van der Waals surface area contributed by atoms with Crippen molar-refractivity contribution in [2.24, 2.45) is 11.7 Å². The molecule has 0 saturated carbocycles. The van der Waals surface area contributed by atoms with Crippen LogP contribution in [0.5, 0.6) is 0 Å². The summed E-state index contributed by atoms with van der Waals surface area (Å²) in [6.07, 6.45) is 0.196. The second kappa shape index (κ2) is 4.69. The van der Waals surface area contributed by atoms with E-state index in [9.17, 15) is 19.3 Å². The Balaban J connectivity index is 2.45. The van der Waals surface area contributed by atoms with Gasteiger partial charge >= 0.3 is 0 Å². The fourth-order valence-corrected chi connectivity index (χ4v) is 2.07. The molecule has 1 atom stereocenters. The van der Waals surface area contributed by atoms with E-state index in [1.54, 1.807) is 0 Å². The minimum absolute atomic E-state index is 0.0864. The van der Waals surface area contributed by atoms with Gasteiger partial charge < -0.3 is 10.6 Å². The summed E-state index contributed by atoms with van der Waals surface area (Å²) in [5.41, 5.74) is 4.80. The van der Waals surface area contributed by atoms with Gasteiger partial charge in [-0.15, -0.1) is 0 Å². The normalized spacial score (nSPS) is 19.3. The van der Waals surface area contributed by atoms with Crippen LogP contribution in [0.4, 0.5) is 15.8 Å². The SMILES string of the molecule is NCC1CC(=O)N(c2c(F)cccc2[N+](=O)[O-])C1. The summed E-state index contributed by atoms with van der Waals surface area (Å²) in [5, 5.41) is 10.9. The van der Waals surface area contributed by atoms with Crippen molar-refractivity contribution in [2.75, 3.05) is 18.0 Å². The Kier molecular flexibility index (Phi) is 3.24. The van der Waals surface area contributed by atoms with E-state index in [-0.39, 0.29) is 30.5 Å². The Morgan fingerprint density at radius 1 is 1.56 bits per heavy atom. The second-order valence-corrected chi connectivity index (χ2v) is 4.17. The van der Waals surface area contributed by atoms with Gasteiger partial charge in [-0.25, -0.2) is 4.39 Å². The van der Waals surface area contributed by atoms with Gasteiger partial charge in [-0.3, -0.25) is 14.9 Å². The van der Waals surface area contributed by atoms with Gasteiger partial charge in [-0.2, -0.15) is 0 Å². The first-order chi connectivity index (χ1) is 8.54. The van der Waals surface area contributed by atoms with E-state index in [2.05, 4.69) is 0 Å². The fourth-order valence-electron chi connectivity index (χ4n) is 2.07. The first-order valence-electron chi connectivity index (χ1n) is 5.48. The smallest absolute Gasteiger partial charge is 0.296 e. The number of nitrogens with zero attached hydrogens (tertiary/aromatic N) is 2. The summed E-state index contributed by atoms with van der Waals surface area (Å²) in [5.74, 6) is -1.19. The van der Waals surface area contributed by atoms with Crippen molar-refractivity contribution < 1.29 is 14.1 Å². The molecule has 0 radical (unpaired) electrons. The summed E-state index contributed by atoms with van der Waals surface area (Å²) in [6, 6.07) is 3.53. The van der Waals surface area contributed by atoms with E-state index in [0.717, 1.165) is 11.0 Å². The highest BCUT2D eigenvalue weighted by Gasteiger charge is 2.35. The van der Waals surface area contributed by atoms with Crippen LogP contribution in [-0.4, -0.2) is 23.9 Å². The Labute approximate surface area is 102 Å². The Morgan fingerprint density at radius 3 is 2.83 bits per heavy atom. The molecule has 0 aromatic heterocycles. The number of benzene rings is 1. The fraction of sp³-hybridized carbons (Fsp3) is 0.364. The van der Waals surface area contributed by atoms with Gasteiger partial charge in [0.2, 0.25) is 5.91 Å². The lowest BCUT2D eigenvalue weighted by Gasteiger charge is -2.17. The first kappa shape index (κ1) is 12.4. The number of carbonyl (C=O) groups is 1. The summed E-state index contributed by atoms with van der Waals surface area (Å²) in [4.78, 5) is 23.0. The van der Waals surface area contributed by atoms with E-state index in [4.69, 9.17) is 5.73 Å². The highest BCUT2D eigenvalue weighted by Crippen LogP contribution is 2.34.